The average molecular weight is 274 g/mol. The summed E-state index contributed by atoms with van der Waals surface area (Å²) in [5.74, 6) is 0.966. The molecule has 104 valence electrons. The van der Waals surface area contributed by atoms with Crippen LogP contribution in [0.2, 0.25) is 0 Å². The summed E-state index contributed by atoms with van der Waals surface area (Å²) in [6.45, 7) is 6.26. The first-order valence-corrected chi connectivity index (χ1v) is 7.38. The summed E-state index contributed by atoms with van der Waals surface area (Å²) in [5.41, 5.74) is -0.192. The third-order valence-electron chi connectivity index (χ3n) is 3.90. The second-order valence-corrected chi connectivity index (χ2v) is 6.63. The zero-order chi connectivity index (χ0) is 14.6. The molecule has 0 aromatic heterocycles. The Morgan fingerprint density at radius 3 is 1.90 bits per heavy atom. The van der Waals surface area contributed by atoms with Gasteiger partial charge in [-0.1, -0.05) is 42.5 Å². The van der Waals surface area contributed by atoms with Gasteiger partial charge in [0.15, 0.2) is 0 Å². The molecule has 0 heterocycles. The van der Waals surface area contributed by atoms with Gasteiger partial charge >= 0.3 is 0 Å². The lowest BCUT2D eigenvalue weighted by Crippen LogP contribution is -2.23. The van der Waals surface area contributed by atoms with Crippen molar-refractivity contribution in [1.82, 2.24) is 0 Å². The smallest absolute Gasteiger partial charge is 0.127 e. The average Bonchev–Trinajstić information content (AvgIpc) is 2.45. The number of hydrogen-bond donors (Lipinski definition) is 0. The van der Waals surface area contributed by atoms with Crippen LogP contribution >= 0.6 is 0 Å². The van der Waals surface area contributed by atoms with Crippen LogP contribution in [0.4, 0.5) is 0 Å². The topological polar surface area (TPSA) is 9.23 Å². The zero-order valence-corrected chi connectivity index (χ0v) is 12.6. The van der Waals surface area contributed by atoms with E-state index in [1.54, 1.807) is 0 Å². The zero-order valence-electron chi connectivity index (χ0n) is 12.6. The van der Waals surface area contributed by atoms with Crippen LogP contribution in [-0.4, -0.2) is 5.60 Å². The lowest BCUT2D eigenvalue weighted by molar-refractivity contribution is 0.133. The summed E-state index contributed by atoms with van der Waals surface area (Å²) in [5, 5.41) is 7.71. The Hall–Kier alpha value is -2.28. The minimum absolute atomic E-state index is 0.192. The quantitative estimate of drug-likeness (QED) is 0.401. The first-order chi connectivity index (χ1) is 10.0. The van der Waals surface area contributed by atoms with Crippen LogP contribution in [0.3, 0.4) is 0 Å². The fourth-order valence-electron chi connectivity index (χ4n) is 3.13. The Kier molecular flexibility index (Phi) is 2.44. The SMILES string of the molecule is CC(C)(C)Oc1ccc2ccc3cccc4ccc1c2c34. The van der Waals surface area contributed by atoms with Crippen LogP contribution in [0.1, 0.15) is 20.8 Å². The third kappa shape index (κ3) is 1.92. The molecule has 0 saturated heterocycles. The minimum Gasteiger partial charge on any atom is -0.488 e. The van der Waals surface area contributed by atoms with Crippen molar-refractivity contribution in [3.05, 3.63) is 54.6 Å². The molecular formula is C20H18O. The van der Waals surface area contributed by atoms with E-state index >= 15 is 0 Å². The van der Waals surface area contributed by atoms with E-state index in [-0.39, 0.29) is 5.60 Å². The Morgan fingerprint density at radius 1 is 0.667 bits per heavy atom. The van der Waals surface area contributed by atoms with Crippen molar-refractivity contribution in [1.29, 1.82) is 0 Å². The molecular weight excluding hydrogens is 256 g/mol. The molecule has 0 aliphatic carbocycles. The first-order valence-electron chi connectivity index (χ1n) is 7.38. The number of rotatable bonds is 1. The van der Waals surface area contributed by atoms with E-state index in [0.29, 0.717) is 0 Å². The highest BCUT2D eigenvalue weighted by Gasteiger charge is 2.16. The van der Waals surface area contributed by atoms with Crippen LogP contribution in [0.25, 0.3) is 32.3 Å². The van der Waals surface area contributed by atoms with Crippen molar-refractivity contribution in [3.8, 4) is 5.75 Å². The highest BCUT2D eigenvalue weighted by molar-refractivity contribution is 6.24. The van der Waals surface area contributed by atoms with Gasteiger partial charge in [-0.2, -0.15) is 0 Å². The van der Waals surface area contributed by atoms with Crippen LogP contribution in [-0.2, 0) is 0 Å². The molecule has 0 atom stereocenters. The van der Waals surface area contributed by atoms with Crippen molar-refractivity contribution in [2.75, 3.05) is 0 Å². The Labute approximate surface area is 124 Å². The summed E-state index contributed by atoms with van der Waals surface area (Å²) in [6, 6.07) is 19.5. The molecule has 21 heavy (non-hydrogen) atoms. The fourth-order valence-corrected chi connectivity index (χ4v) is 3.13. The normalized spacial score (nSPS) is 12.5. The monoisotopic (exact) mass is 274 g/mol. The highest BCUT2D eigenvalue weighted by atomic mass is 16.5. The molecule has 0 spiro atoms. The molecule has 0 aliphatic heterocycles. The molecule has 4 aromatic rings. The maximum absolute atomic E-state index is 6.16. The molecule has 4 aromatic carbocycles. The molecule has 0 saturated carbocycles. The van der Waals surface area contributed by atoms with E-state index in [9.17, 15) is 0 Å². The van der Waals surface area contributed by atoms with E-state index < -0.39 is 0 Å². The minimum atomic E-state index is -0.192. The van der Waals surface area contributed by atoms with Gasteiger partial charge in [0.25, 0.3) is 0 Å². The number of hydrogen-bond acceptors (Lipinski definition) is 1. The maximum Gasteiger partial charge on any atom is 0.127 e. The van der Waals surface area contributed by atoms with Gasteiger partial charge in [-0.3, -0.25) is 0 Å². The molecule has 4 rings (SSSR count). The lowest BCUT2D eigenvalue weighted by Gasteiger charge is -2.23. The molecule has 0 unspecified atom stereocenters. The van der Waals surface area contributed by atoms with E-state index in [4.69, 9.17) is 4.74 Å². The van der Waals surface area contributed by atoms with Gasteiger partial charge in [0, 0.05) is 10.8 Å². The Morgan fingerprint density at radius 2 is 1.24 bits per heavy atom. The van der Waals surface area contributed by atoms with Gasteiger partial charge in [0.05, 0.1) is 0 Å². The standard InChI is InChI=1S/C20H18O/c1-20(2,3)21-17-12-10-15-8-7-13-5-4-6-14-9-11-16(17)19(15)18(13)14/h4-12H,1-3H3. The van der Waals surface area contributed by atoms with Crippen molar-refractivity contribution < 1.29 is 4.74 Å². The summed E-state index contributed by atoms with van der Waals surface area (Å²) in [6.07, 6.45) is 0. The van der Waals surface area contributed by atoms with E-state index in [2.05, 4.69) is 75.4 Å². The summed E-state index contributed by atoms with van der Waals surface area (Å²) < 4.78 is 6.16. The van der Waals surface area contributed by atoms with Crippen molar-refractivity contribution in [2.24, 2.45) is 0 Å². The lowest BCUT2D eigenvalue weighted by atomic mass is 9.94. The molecule has 1 nitrogen and oxygen atoms in total. The largest absolute Gasteiger partial charge is 0.488 e. The molecule has 0 amide bonds. The van der Waals surface area contributed by atoms with Crippen molar-refractivity contribution in [2.45, 2.75) is 26.4 Å². The van der Waals surface area contributed by atoms with Crippen molar-refractivity contribution >= 4 is 32.3 Å². The van der Waals surface area contributed by atoms with Crippen molar-refractivity contribution in [3.63, 3.8) is 0 Å². The molecule has 0 fully saturated rings. The Bertz CT molecular complexity index is 929. The van der Waals surface area contributed by atoms with Crippen LogP contribution in [0.5, 0.6) is 5.75 Å². The van der Waals surface area contributed by atoms with Crippen LogP contribution < -0.4 is 4.74 Å². The predicted octanol–water partition coefficient (Wildman–Crippen LogP) is 5.76. The van der Waals surface area contributed by atoms with Gasteiger partial charge in [-0.05, 0) is 54.4 Å². The molecule has 0 N–H and O–H groups in total. The van der Waals surface area contributed by atoms with Gasteiger partial charge in [-0.25, -0.2) is 0 Å². The van der Waals surface area contributed by atoms with E-state index in [1.807, 2.05) is 0 Å². The third-order valence-corrected chi connectivity index (χ3v) is 3.90. The van der Waals surface area contributed by atoms with Crippen LogP contribution in [0, 0.1) is 0 Å². The number of benzene rings is 4. The Balaban J connectivity index is 2.15. The second kappa shape index (κ2) is 4.11. The van der Waals surface area contributed by atoms with Gasteiger partial charge in [0.2, 0.25) is 0 Å². The maximum atomic E-state index is 6.16. The predicted molar refractivity (Wildman–Crippen MR) is 90.5 cm³/mol. The summed E-state index contributed by atoms with van der Waals surface area (Å²) >= 11 is 0. The molecule has 0 aliphatic rings. The van der Waals surface area contributed by atoms with Gasteiger partial charge in [-0.15, -0.1) is 0 Å². The van der Waals surface area contributed by atoms with Crippen LogP contribution in [0.15, 0.2) is 54.6 Å². The summed E-state index contributed by atoms with van der Waals surface area (Å²) in [4.78, 5) is 0. The molecule has 1 heteroatoms. The van der Waals surface area contributed by atoms with E-state index in [1.165, 1.54) is 32.3 Å². The van der Waals surface area contributed by atoms with Gasteiger partial charge < -0.3 is 4.74 Å². The molecule has 0 bridgehead atoms. The second-order valence-electron chi connectivity index (χ2n) is 6.63. The highest BCUT2D eigenvalue weighted by Crippen LogP contribution is 2.39. The fraction of sp³-hybridized carbons (Fsp3) is 0.200. The number of ether oxygens (including phenoxy) is 1. The van der Waals surface area contributed by atoms with Gasteiger partial charge in [0.1, 0.15) is 11.4 Å². The first kappa shape index (κ1) is 12.5. The summed E-state index contributed by atoms with van der Waals surface area (Å²) in [7, 11) is 0. The van der Waals surface area contributed by atoms with E-state index in [0.717, 1.165) is 5.75 Å². The molecule has 0 radical (unpaired) electrons.